The molecule has 1 aliphatic heterocycles. The first-order chi connectivity index (χ1) is 9.47. The molecule has 0 aromatic heterocycles. The number of nitro benzene ring substituents is 1. The third-order valence-corrected chi connectivity index (χ3v) is 3.54. The van der Waals surface area contributed by atoms with Crippen LogP contribution >= 0.6 is 35.0 Å². The summed E-state index contributed by atoms with van der Waals surface area (Å²) in [6.45, 7) is 0. The molecule has 7 nitrogen and oxygen atoms in total. The molecule has 0 spiro atoms. The highest BCUT2D eigenvalue weighted by atomic mass is 35.5. The van der Waals surface area contributed by atoms with E-state index in [1.54, 1.807) is 0 Å². The monoisotopic (exact) mass is 332 g/mol. The van der Waals surface area contributed by atoms with Crippen LogP contribution in [0.5, 0.6) is 0 Å². The molecule has 1 N–H and O–H groups in total. The van der Waals surface area contributed by atoms with Gasteiger partial charge in [-0.05, 0) is 12.1 Å². The molecule has 20 heavy (non-hydrogen) atoms. The lowest BCUT2D eigenvalue weighted by atomic mass is 10.2. The number of carbonyl (C=O) groups is 1. The van der Waals surface area contributed by atoms with Crippen LogP contribution in [-0.2, 0) is 4.79 Å². The first kappa shape index (κ1) is 14.8. The van der Waals surface area contributed by atoms with Crippen molar-refractivity contribution in [3.63, 3.8) is 0 Å². The maximum Gasteiger partial charge on any atom is 0.296 e. The van der Waals surface area contributed by atoms with E-state index < -0.39 is 4.92 Å². The molecule has 1 amide bonds. The van der Waals surface area contributed by atoms with Gasteiger partial charge in [0.05, 0.1) is 22.5 Å². The average molecular weight is 333 g/mol. The summed E-state index contributed by atoms with van der Waals surface area (Å²) in [6, 6.07) is 2.63. The molecule has 10 heteroatoms. The number of amides is 1. The fraction of sp³-hybridized carbons (Fsp3) is 0.100. The largest absolute Gasteiger partial charge is 0.303 e. The maximum atomic E-state index is 10.9. The molecule has 0 aliphatic carbocycles. The van der Waals surface area contributed by atoms with Gasteiger partial charge in [0, 0.05) is 5.02 Å². The van der Waals surface area contributed by atoms with Gasteiger partial charge in [-0.3, -0.25) is 14.9 Å². The highest BCUT2D eigenvalue weighted by Gasteiger charge is 2.19. The van der Waals surface area contributed by atoms with Crippen molar-refractivity contribution >= 4 is 57.9 Å². The Hall–Kier alpha value is -1.64. The number of nitro groups is 1. The van der Waals surface area contributed by atoms with E-state index in [1.165, 1.54) is 23.9 Å². The molecular formula is C10H6Cl2N4O3S. The summed E-state index contributed by atoms with van der Waals surface area (Å²) in [5.74, 6) is 0.109. The Morgan fingerprint density at radius 2 is 2.20 bits per heavy atom. The lowest BCUT2D eigenvalue weighted by Crippen LogP contribution is -2.19. The summed E-state index contributed by atoms with van der Waals surface area (Å²) in [5, 5.41) is 21.3. The Labute approximate surface area is 127 Å². The van der Waals surface area contributed by atoms with Crippen molar-refractivity contribution in [1.29, 1.82) is 0 Å². The van der Waals surface area contributed by atoms with Crippen LogP contribution in [0.1, 0.15) is 5.56 Å². The predicted molar refractivity (Wildman–Crippen MR) is 78.7 cm³/mol. The molecule has 1 heterocycles. The number of hydrogen-bond acceptors (Lipinski definition) is 6. The molecule has 0 bridgehead atoms. The minimum absolute atomic E-state index is 0.0832. The van der Waals surface area contributed by atoms with Crippen LogP contribution < -0.4 is 5.32 Å². The molecule has 0 saturated carbocycles. The zero-order chi connectivity index (χ0) is 14.7. The number of nitrogens with one attached hydrogen (secondary N) is 1. The number of halogens is 2. The molecular weight excluding hydrogens is 327 g/mol. The number of nitrogens with zero attached hydrogens (tertiary/aromatic N) is 3. The van der Waals surface area contributed by atoms with Gasteiger partial charge in [0.2, 0.25) is 5.91 Å². The number of carbonyl (C=O) groups excluding carboxylic acids is 1. The number of thioether (sulfide) groups is 1. The lowest BCUT2D eigenvalue weighted by Gasteiger charge is -2.00. The Bertz CT molecular complexity index is 648. The van der Waals surface area contributed by atoms with E-state index in [4.69, 9.17) is 23.2 Å². The molecule has 2 rings (SSSR count). The zero-order valence-electron chi connectivity index (χ0n) is 9.67. The maximum absolute atomic E-state index is 10.9. The van der Waals surface area contributed by atoms with Gasteiger partial charge < -0.3 is 5.32 Å². The minimum atomic E-state index is -0.626. The van der Waals surface area contributed by atoms with E-state index in [9.17, 15) is 14.9 Å². The van der Waals surface area contributed by atoms with Gasteiger partial charge in [-0.1, -0.05) is 35.0 Å². The van der Waals surface area contributed by atoms with Crippen LogP contribution in [-0.4, -0.2) is 28.0 Å². The van der Waals surface area contributed by atoms with Gasteiger partial charge in [0.15, 0.2) is 5.17 Å². The van der Waals surface area contributed by atoms with Crippen molar-refractivity contribution in [1.82, 2.24) is 5.32 Å². The molecule has 1 aliphatic rings. The normalized spacial score (nSPS) is 16.9. The topological polar surface area (TPSA) is 97.0 Å². The Morgan fingerprint density at radius 1 is 1.45 bits per heavy atom. The summed E-state index contributed by atoms with van der Waals surface area (Å²) in [4.78, 5) is 21.2. The molecule has 1 aromatic carbocycles. The van der Waals surface area contributed by atoms with Gasteiger partial charge in [-0.15, -0.1) is 5.10 Å². The lowest BCUT2D eigenvalue weighted by molar-refractivity contribution is -0.384. The molecule has 1 fully saturated rings. The fourth-order valence-electron chi connectivity index (χ4n) is 1.40. The van der Waals surface area contributed by atoms with Crippen molar-refractivity contribution in [2.45, 2.75) is 0 Å². The van der Waals surface area contributed by atoms with Crippen molar-refractivity contribution < 1.29 is 9.72 Å². The summed E-state index contributed by atoms with van der Waals surface area (Å²) >= 11 is 12.7. The van der Waals surface area contributed by atoms with E-state index in [-0.39, 0.29) is 33.0 Å². The van der Waals surface area contributed by atoms with Crippen molar-refractivity contribution in [2.75, 3.05) is 5.75 Å². The van der Waals surface area contributed by atoms with E-state index in [2.05, 4.69) is 15.5 Å². The first-order valence-electron chi connectivity index (χ1n) is 5.14. The molecule has 104 valence electrons. The average Bonchev–Trinajstić information content (AvgIpc) is 2.73. The summed E-state index contributed by atoms with van der Waals surface area (Å²) in [5.41, 5.74) is -0.172. The number of hydrogen-bond donors (Lipinski definition) is 1. The highest BCUT2D eigenvalue weighted by molar-refractivity contribution is 8.15. The minimum Gasteiger partial charge on any atom is -0.303 e. The number of amidine groups is 1. The molecule has 0 atom stereocenters. The molecule has 0 unspecified atom stereocenters. The Balaban J connectivity index is 2.29. The van der Waals surface area contributed by atoms with Crippen LogP contribution in [0.3, 0.4) is 0 Å². The number of rotatable bonds is 3. The summed E-state index contributed by atoms with van der Waals surface area (Å²) in [7, 11) is 0. The third kappa shape index (κ3) is 3.47. The second-order valence-corrected chi connectivity index (χ2v) is 5.38. The van der Waals surface area contributed by atoms with Gasteiger partial charge >= 0.3 is 0 Å². The smallest absolute Gasteiger partial charge is 0.296 e. The fourth-order valence-corrected chi connectivity index (χ4v) is 2.61. The van der Waals surface area contributed by atoms with Crippen LogP contribution in [0.4, 0.5) is 5.69 Å². The van der Waals surface area contributed by atoms with Crippen molar-refractivity contribution in [3.05, 3.63) is 37.9 Å². The van der Waals surface area contributed by atoms with Crippen LogP contribution in [0, 0.1) is 10.1 Å². The van der Waals surface area contributed by atoms with E-state index in [0.717, 1.165) is 6.21 Å². The zero-order valence-corrected chi connectivity index (χ0v) is 12.0. The van der Waals surface area contributed by atoms with Gasteiger partial charge in [-0.25, -0.2) is 0 Å². The predicted octanol–water partition coefficient (Wildman–Crippen LogP) is 2.45. The van der Waals surface area contributed by atoms with Gasteiger partial charge in [0.25, 0.3) is 5.69 Å². The van der Waals surface area contributed by atoms with E-state index >= 15 is 0 Å². The van der Waals surface area contributed by atoms with Crippen LogP contribution in [0.15, 0.2) is 22.3 Å². The highest BCUT2D eigenvalue weighted by Crippen LogP contribution is 2.31. The second-order valence-electron chi connectivity index (χ2n) is 3.57. The van der Waals surface area contributed by atoms with Crippen molar-refractivity contribution in [3.8, 4) is 0 Å². The van der Waals surface area contributed by atoms with Crippen LogP contribution in [0.2, 0.25) is 10.0 Å². The van der Waals surface area contributed by atoms with Gasteiger partial charge in [-0.2, -0.15) is 5.10 Å². The standard InChI is InChI=1S/C10H6Cl2N4O3S/c11-6-1-5(9(16(18)19)7(12)2-6)3-13-15-10-14-8(17)4-20-10/h1-3H,4H2,(H,14,15,17). The molecule has 1 aromatic rings. The van der Waals surface area contributed by atoms with Gasteiger partial charge in [0.1, 0.15) is 5.02 Å². The first-order valence-corrected chi connectivity index (χ1v) is 6.88. The summed E-state index contributed by atoms with van der Waals surface area (Å²) < 4.78 is 0. The SMILES string of the molecule is O=C1CSC(=NN=Cc2cc(Cl)cc(Cl)c2[N+](=O)[O-])N1. The van der Waals surface area contributed by atoms with E-state index in [1.807, 2.05) is 0 Å². The summed E-state index contributed by atoms with van der Waals surface area (Å²) in [6.07, 6.45) is 1.16. The van der Waals surface area contributed by atoms with Crippen molar-refractivity contribution in [2.24, 2.45) is 10.2 Å². The molecule has 0 radical (unpaired) electrons. The quantitative estimate of drug-likeness (QED) is 0.522. The Morgan fingerprint density at radius 3 is 2.80 bits per heavy atom. The Kier molecular flexibility index (Phi) is 4.58. The third-order valence-electron chi connectivity index (χ3n) is 2.17. The second kappa shape index (κ2) is 6.21. The van der Waals surface area contributed by atoms with Crippen LogP contribution in [0.25, 0.3) is 0 Å². The number of benzene rings is 1. The molecule has 1 saturated heterocycles. The van der Waals surface area contributed by atoms with E-state index in [0.29, 0.717) is 5.17 Å².